The van der Waals surface area contributed by atoms with E-state index in [1.165, 1.54) is 5.56 Å². The van der Waals surface area contributed by atoms with Crippen molar-refractivity contribution in [2.75, 3.05) is 6.54 Å². The summed E-state index contributed by atoms with van der Waals surface area (Å²) in [5, 5.41) is 0. The van der Waals surface area contributed by atoms with Crippen LogP contribution in [0.2, 0.25) is 0 Å². The molecular formula is C14H21ClN2O. The van der Waals surface area contributed by atoms with Gasteiger partial charge in [-0.2, -0.15) is 0 Å². The summed E-state index contributed by atoms with van der Waals surface area (Å²) >= 11 is 0. The number of likely N-dealkylation sites (tertiary alicyclic amines) is 1. The van der Waals surface area contributed by atoms with E-state index in [0.29, 0.717) is 0 Å². The molecule has 1 atom stereocenters. The number of nitrogens with two attached hydrogens (primary N) is 1. The third-order valence-electron chi connectivity index (χ3n) is 3.78. The van der Waals surface area contributed by atoms with Crippen LogP contribution in [0.5, 0.6) is 0 Å². The van der Waals surface area contributed by atoms with E-state index in [-0.39, 0.29) is 29.9 Å². The maximum Gasteiger partial charge on any atom is 0.234 e. The van der Waals surface area contributed by atoms with Crippen molar-refractivity contribution >= 4 is 18.3 Å². The first-order valence-corrected chi connectivity index (χ1v) is 6.15. The van der Waals surface area contributed by atoms with Crippen molar-refractivity contribution in [2.45, 2.75) is 38.3 Å². The highest BCUT2D eigenvalue weighted by Gasteiger charge is 2.39. The smallest absolute Gasteiger partial charge is 0.234 e. The molecule has 3 nitrogen and oxygen atoms in total. The molecule has 1 fully saturated rings. The molecule has 0 aliphatic carbocycles. The van der Waals surface area contributed by atoms with Crippen molar-refractivity contribution in [2.24, 2.45) is 5.73 Å². The quantitative estimate of drug-likeness (QED) is 0.914. The van der Waals surface area contributed by atoms with Gasteiger partial charge in [-0.1, -0.05) is 30.3 Å². The minimum atomic E-state index is -0.202. The summed E-state index contributed by atoms with van der Waals surface area (Å²) in [5.74, 6) is -0.202. The highest BCUT2D eigenvalue weighted by molar-refractivity contribution is 5.85. The predicted octanol–water partition coefficient (Wildman–Crippen LogP) is 2.29. The van der Waals surface area contributed by atoms with Crippen LogP contribution in [-0.4, -0.2) is 23.4 Å². The lowest BCUT2D eigenvalue weighted by Gasteiger charge is -2.39. The van der Waals surface area contributed by atoms with Gasteiger partial charge in [0.15, 0.2) is 0 Å². The largest absolute Gasteiger partial charge is 0.368 e. The van der Waals surface area contributed by atoms with Crippen molar-refractivity contribution in [3.05, 3.63) is 35.9 Å². The second-order valence-corrected chi connectivity index (χ2v) is 5.18. The third kappa shape index (κ3) is 2.68. The summed E-state index contributed by atoms with van der Waals surface area (Å²) in [6, 6.07) is 10.2. The van der Waals surface area contributed by atoms with E-state index in [0.717, 1.165) is 19.4 Å². The van der Waals surface area contributed by atoms with Gasteiger partial charge in [-0.3, -0.25) is 9.69 Å². The van der Waals surface area contributed by atoms with Crippen molar-refractivity contribution in [1.82, 2.24) is 4.90 Å². The SMILES string of the molecule is CC(C)(c1ccccc1)N1CCC[C@@H]1C(N)=O.Cl. The molecular weight excluding hydrogens is 248 g/mol. The lowest BCUT2D eigenvalue weighted by Crippen LogP contribution is -2.49. The van der Waals surface area contributed by atoms with Crippen LogP contribution in [0.1, 0.15) is 32.3 Å². The van der Waals surface area contributed by atoms with Crippen LogP contribution >= 0.6 is 12.4 Å². The van der Waals surface area contributed by atoms with Crippen LogP contribution in [0.25, 0.3) is 0 Å². The number of nitrogens with zero attached hydrogens (tertiary/aromatic N) is 1. The number of primary amides is 1. The molecule has 1 aliphatic rings. The fourth-order valence-electron chi connectivity index (χ4n) is 2.74. The molecule has 2 N–H and O–H groups in total. The van der Waals surface area contributed by atoms with E-state index in [2.05, 4.69) is 30.9 Å². The summed E-state index contributed by atoms with van der Waals surface area (Å²) in [7, 11) is 0. The Hall–Kier alpha value is -1.06. The Labute approximate surface area is 115 Å². The number of rotatable bonds is 3. The van der Waals surface area contributed by atoms with Gasteiger partial charge in [0, 0.05) is 5.54 Å². The first-order valence-electron chi connectivity index (χ1n) is 6.15. The van der Waals surface area contributed by atoms with Crippen LogP contribution < -0.4 is 5.73 Å². The molecule has 0 spiro atoms. The Morgan fingerprint density at radius 2 is 1.94 bits per heavy atom. The predicted molar refractivity (Wildman–Crippen MR) is 75.6 cm³/mol. The van der Waals surface area contributed by atoms with Crippen molar-refractivity contribution in [3.8, 4) is 0 Å². The molecule has 0 aromatic heterocycles. The molecule has 100 valence electrons. The molecule has 1 heterocycles. The van der Waals surface area contributed by atoms with Crippen LogP contribution in [0.3, 0.4) is 0 Å². The third-order valence-corrected chi connectivity index (χ3v) is 3.78. The number of hydrogen-bond donors (Lipinski definition) is 1. The van der Waals surface area contributed by atoms with Crippen molar-refractivity contribution in [3.63, 3.8) is 0 Å². The summed E-state index contributed by atoms with van der Waals surface area (Å²) in [6.45, 7) is 5.25. The van der Waals surface area contributed by atoms with Gasteiger partial charge in [-0.05, 0) is 38.8 Å². The maximum atomic E-state index is 11.5. The van der Waals surface area contributed by atoms with Gasteiger partial charge in [0.05, 0.1) is 6.04 Å². The Bertz CT molecular complexity index is 406. The Morgan fingerprint density at radius 1 is 1.33 bits per heavy atom. The maximum absolute atomic E-state index is 11.5. The van der Waals surface area contributed by atoms with Crippen molar-refractivity contribution in [1.29, 1.82) is 0 Å². The first-order chi connectivity index (χ1) is 8.03. The highest BCUT2D eigenvalue weighted by Crippen LogP contribution is 2.34. The standard InChI is InChI=1S/C14H20N2O.ClH/c1-14(2,11-7-4-3-5-8-11)16-10-6-9-12(16)13(15)17;/h3-5,7-8,12H,6,9-10H2,1-2H3,(H2,15,17);1H/t12-;/m1./s1. The average Bonchev–Trinajstić information content (AvgIpc) is 2.80. The van der Waals surface area contributed by atoms with Crippen LogP contribution in [-0.2, 0) is 10.3 Å². The first kappa shape index (κ1) is 15.0. The minimum Gasteiger partial charge on any atom is -0.368 e. The number of carbonyl (C=O) groups is 1. The monoisotopic (exact) mass is 268 g/mol. The molecule has 0 saturated carbocycles. The van der Waals surface area contributed by atoms with Gasteiger partial charge in [-0.25, -0.2) is 0 Å². The highest BCUT2D eigenvalue weighted by atomic mass is 35.5. The van der Waals surface area contributed by atoms with E-state index < -0.39 is 0 Å². The lowest BCUT2D eigenvalue weighted by atomic mass is 9.91. The molecule has 18 heavy (non-hydrogen) atoms. The summed E-state index contributed by atoms with van der Waals surface area (Å²) < 4.78 is 0. The Balaban J connectivity index is 0.00000162. The number of carbonyl (C=O) groups excluding carboxylic acids is 1. The fourth-order valence-corrected chi connectivity index (χ4v) is 2.74. The lowest BCUT2D eigenvalue weighted by molar-refractivity contribution is -0.124. The number of hydrogen-bond acceptors (Lipinski definition) is 2. The zero-order valence-electron chi connectivity index (χ0n) is 10.9. The minimum absolute atomic E-state index is 0. The molecule has 1 aromatic rings. The van der Waals surface area contributed by atoms with Gasteiger partial charge >= 0.3 is 0 Å². The van der Waals surface area contributed by atoms with Crippen molar-refractivity contribution < 1.29 is 4.79 Å². The summed E-state index contributed by atoms with van der Waals surface area (Å²) in [4.78, 5) is 13.7. The van der Waals surface area contributed by atoms with E-state index >= 15 is 0 Å². The number of amides is 1. The molecule has 2 rings (SSSR count). The molecule has 0 unspecified atom stereocenters. The fraction of sp³-hybridized carbons (Fsp3) is 0.500. The molecule has 1 saturated heterocycles. The van der Waals surface area contributed by atoms with Crippen LogP contribution in [0.4, 0.5) is 0 Å². The molecule has 1 aliphatic heterocycles. The van der Waals surface area contributed by atoms with Gasteiger partial charge in [0.1, 0.15) is 0 Å². The van der Waals surface area contributed by atoms with Crippen LogP contribution in [0, 0.1) is 0 Å². The average molecular weight is 269 g/mol. The molecule has 4 heteroatoms. The van der Waals surface area contributed by atoms with E-state index in [1.54, 1.807) is 0 Å². The Kier molecular flexibility index (Phi) is 4.77. The second-order valence-electron chi connectivity index (χ2n) is 5.18. The molecule has 0 bridgehead atoms. The van der Waals surface area contributed by atoms with Gasteiger partial charge in [-0.15, -0.1) is 12.4 Å². The molecule has 1 amide bonds. The normalized spacial score (nSPS) is 20.4. The van der Waals surface area contributed by atoms with E-state index in [1.807, 2.05) is 18.2 Å². The van der Waals surface area contributed by atoms with Gasteiger partial charge in [0.2, 0.25) is 5.91 Å². The Morgan fingerprint density at radius 3 is 2.50 bits per heavy atom. The van der Waals surface area contributed by atoms with Gasteiger partial charge < -0.3 is 5.73 Å². The van der Waals surface area contributed by atoms with Crippen LogP contribution in [0.15, 0.2) is 30.3 Å². The zero-order valence-corrected chi connectivity index (χ0v) is 11.7. The summed E-state index contributed by atoms with van der Waals surface area (Å²) in [6.07, 6.45) is 1.93. The topological polar surface area (TPSA) is 46.3 Å². The number of halogens is 1. The van der Waals surface area contributed by atoms with E-state index in [4.69, 9.17) is 5.73 Å². The number of benzene rings is 1. The molecule has 1 aromatic carbocycles. The van der Waals surface area contributed by atoms with E-state index in [9.17, 15) is 4.79 Å². The zero-order chi connectivity index (χ0) is 12.5. The second kappa shape index (κ2) is 5.72. The summed E-state index contributed by atoms with van der Waals surface area (Å²) in [5.41, 5.74) is 6.57. The van der Waals surface area contributed by atoms with Gasteiger partial charge in [0.25, 0.3) is 0 Å². The molecule has 0 radical (unpaired) electrons.